The summed E-state index contributed by atoms with van der Waals surface area (Å²) in [6.45, 7) is 0. The summed E-state index contributed by atoms with van der Waals surface area (Å²) < 4.78 is 48.6. The molecule has 0 fully saturated rings. The lowest BCUT2D eigenvalue weighted by molar-refractivity contribution is -0.137. The van der Waals surface area contributed by atoms with Gasteiger partial charge in [0.05, 0.1) is 23.0 Å². The van der Waals surface area contributed by atoms with Crippen molar-refractivity contribution in [3.63, 3.8) is 0 Å². The third kappa shape index (κ3) is 2.80. The van der Waals surface area contributed by atoms with Crippen molar-refractivity contribution < 1.29 is 26.8 Å². The van der Waals surface area contributed by atoms with Crippen molar-refractivity contribution in [3.05, 3.63) is 47.7 Å². The highest BCUT2D eigenvalue weighted by Gasteiger charge is 2.32. The summed E-state index contributed by atoms with van der Waals surface area (Å²) in [6.07, 6.45) is -3.21. The molecule has 2 aromatic heterocycles. The molecule has 3 rings (SSSR count). The van der Waals surface area contributed by atoms with Crippen molar-refractivity contribution in [2.24, 2.45) is 5.73 Å². The van der Waals surface area contributed by atoms with E-state index in [1.807, 2.05) is 0 Å². The van der Waals surface area contributed by atoms with Crippen LogP contribution in [0.5, 0.6) is 0 Å². The summed E-state index contributed by atoms with van der Waals surface area (Å²) in [5, 5.41) is 7.43. The zero-order valence-corrected chi connectivity index (χ0v) is 11.3. The van der Waals surface area contributed by atoms with Gasteiger partial charge in [-0.25, -0.2) is 0 Å². The zero-order chi connectivity index (χ0) is 16.6. The molecule has 0 unspecified atom stereocenters. The van der Waals surface area contributed by atoms with Gasteiger partial charge in [0.1, 0.15) is 0 Å². The Morgan fingerprint density at radius 2 is 1.87 bits per heavy atom. The first-order valence-electron chi connectivity index (χ1n) is 6.25. The highest BCUT2D eigenvalue weighted by Crippen LogP contribution is 2.33. The van der Waals surface area contributed by atoms with Gasteiger partial charge in [0.2, 0.25) is 11.8 Å². The van der Waals surface area contributed by atoms with E-state index in [2.05, 4.69) is 10.2 Å². The van der Waals surface area contributed by atoms with Gasteiger partial charge in [-0.15, -0.1) is 10.2 Å². The van der Waals surface area contributed by atoms with E-state index in [9.17, 15) is 18.0 Å². The van der Waals surface area contributed by atoms with Gasteiger partial charge >= 0.3 is 6.18 Å². The summed E-state index contributed by atoms with van der Waals surface area (Å²) in [5.74, 6) is -0.862. The fraction of sp³-hybridized carbons (Fsp3) is 0.0714. The van der Waals surface area contributed by atoms with Gasteiger partial charge in [0.25, 0.3) is 5.89 Å². The van der Waals surface area contributed by atoms with Crippen LogP contribution < -0.4 is 5.73 Å². The van der Waals surface area contributed by atoms with Crippen LogP contribution in [0.4, 0.5) is 13.2 Å². The lowest BCUT2D eigenvalue weighted by Crippen LogP contribution is -2.15. The molecule has 0 aliphatic heterocycles. The number of amides is 1. The third-order valence-corrected chi connectivity index (χ3v) is 3.00. The number of hydrogen-bond donors (Lipinski definition) is 1. The first-order valence-corrected chi connectivity index (χ1v) is 6.25. The molecule has 3 aromatic rings. The van der Waals surface area contributed by atoms with Crippen LogP contribution in [0.15, 0.2) is 45.4 Å². The van der Waals surface area contributed by atoms with E-state index in [0.29, 0.717) is 6.07 Å². The predicted molar refractivity (Wildman–Crippen MR) is 71.0 cm³/mol. The molecule has 0 aliphatic carbocycles. The van der Waals surface area contributed by atoms with Crippen molar-refractivity contribution in [2.75, 3.05) is 0 Å². The summed E-state index contributed by atoms with van der Waals surface area (Å²) in [6, 6.07) is 5.68. The van der Waals surface area contributed by atoms with E-state index in [4.69, 9.17) is 14.6 Å². The van der Waals surface area contributed by atoms with Crippen molar-refractivity contribution in [2.45, 2.75) is 6.18 Å². The summed E-state index contributed by atoms with van der Waals surface area (Å²) in [4.78, 5) is 11.5. The number of primary amides is 1. The number of furan rings is 1. The number of halogens is 3. The van der Waals surface area contributed by atoms with Crippen LogP contribution in [0.3, 0.4) is 0 Å². The van der Waals surface area contributed by atoms with Crippen LogP contribution >= 0.6 is 0 Å². The Balaban J connectivity index is 2.08. The fourth-order valence-electron chi connectivity index (χ4n) is 1.94. The standard InChI is InChI=1S/C14H8F3N3O3/c15-14(16,17)7-3-4-8(9(6-7)11(18)21)12-19-20-13(23-12)10-2-1-5-22-10/h1-6H,(H2,18,21). The molecule has 0 atom stereocenters. The van der Waals surface area contributed by atoms with Gasteiger partial charge in [-0.2, -0.15) is 13.2 Å². The highest BCUT2D eigenvalue weighted by atomic mass is 19.4. The molecule has 118 valence electrons. The second-order valence-electron chi connectivity index (χ2n) is 4.51. The lowest BCUT2D eigenvalue weighted by Gasteiger charge is -2.09. The van der Waals surface area contributed by atoms with E-state index >= 15 is 0 Å². The number of alkyl halides is 3. The minimum atomic E-state index is -4.60. The van der Waals surface area contributed by atoms with Crippen LogP contribution in [-0.4, -0.2) is 16.1 Å². The van der Waals surface area contributed by atoms with E-state index in [1.54, 1.807) is 12.1 Å². The largest absolute Gasteiger partial charge is 0.459 e. The SMILES string of the molecule is NC(=O)c1cc(C(F)(F)F)ccc1-c1nnc(-c2ccco2)o1. The number of benzene rings is 1. The number of carbonyl (C=O) groups is 1. The predicted octanol–water partition coefficient (Wildman–Crippen LogP) is 3.11. The Morgan fingerprint density at radius 3 is 2.48 bits per heavy atom. The van der Waals surface area contributed by atoms with Gasteiger partial charge in [-0.3, -0.25) is 4.79 Å². The summed E-state index contributed by atoms with van der Waals surface area (Å²) in [5.41, 5.74) is 3.80. The number of carbonyl (C=O) groups excluding carboxylic acids is 1. The molecule has 23 heavy (non-hydrogen) atoms. The molecule has 9 heteroatoms. The molecule has 6 nitrogen and oxygen atoms in total. The molecular weight excluding hydrogens is 315 g/mol. The molecule has 2 heterocycles. The number of nitrogens with two attached hydrogens (primary N) is 1. The van der Waals surface area contributed by atoms with Crippen LogP contribution in [0.25, 0.3) is 23.1 Å². The maximum Gasteiger partial charge on any atom is 0.416 e. The van der Waals surface area contributed by atoms with Crippen LogP contribution in [0.1, 0.15) is 15.9 Å². The first-order chi connectivity index (χ1) is 10.9. The smallest absolute Gasteiger partial charge is 0.416 e. The van der Waals surface area contributed by atoms with Gasteiger partial charge in [0.15, 0.2) is 5.76 Å². The second kappa shape index (κ2) is 5.27. The molecule has 2 N–H and O–H groups in total. The Hall–Kier alpha value is -3.10. The zero-order valence-electron chi connectivity index (χ0n) is 11.3. The van der Waals surface area contributed by atoms with Gasteiger partial charge < -0.3 is 14.6 Å². The molecule has 0 bridgehead atoms. The summed E-state index contributed by atoms with van der Waals surface area (Å²) >= 11 is 0. The molecule has 1 aromatic carbocycles. The van der Waals surface area contributed by atoms with E-state index in [-0.39, 0.29) is 28.7 Å². The third-order valence-electron chi connectivity index (χ3n) is 3.00. The fourth-order valence-corrected chi connectivity index (χ4v) is 1.94. The normalized spacial score (nSPS) is 11.6. The van der Waals surface area contributed by atoms with E-state index in [0.717, 1.165) is 12.1 Å². The highest BCUT2D eigenvalue weighted by molar-refractivity contribution is 5.99. The number of rotatable bonds is 3. The Labute approximate surface area is 126 Å². The molecule has 0 aliphatic rings. The van der Waals surface area contributed by atoms with Crippen molar-refractivity contribution in [1.82, 2.24) is 10.2 Å². The average Bonchev–Trinajstić information content (AvgIpc) is 3.16. The average molecular weight is 323 g/mol. The van der Waals surface area contributed by atoms with Crippen molar-refractivity contribution >= 4 is 5.91 Å². The molecular formula is C14H8F3N3O3. The monoisotopic (exact) mass is 323 g/mol. The van der Waals surface area contributed by atoms with Crippen LogP contribution in [-0.2, 0) is 6.18 Å². The molecule has 0 radical (unpaired) electrons. The number of hydrogen-bond acceptors (Lipinski definition) is 5. The second-order valence-corrected chi connectivity index (χ2v) is 4.51. The van der Waals surface area contributed by atoms with Crippen molar-refractivity contribution in [3.8, 4) is 23.1 Å². The molecule has 0 saturated heterocycles. The lowest BCUT2D eigenvalue weighted by atomic mass is 10.0. The minimum Gasteiger partial charge on any atom is -0.459 e. The number of aromatic nitrogens is 2. The van der Waals surface area contributed by atoms with Gasteiger partial charge in [-0.05, 0) is 30.3 Å². The Bertz CT molecular complexity index is 854. The van der Waals surface area contributed by atoms with Crippen molar-refractivity contribution in [1.29, 1.82) is 0 Å². The molecule has 0 saturated carbocycles. The van der Waals surface area contributed by atoms with Gasteiger partial charge in [0, 0.05) is 0 Å². The molecule has 1 amide bonds. The quantitative estimate of drug-likeness (QED) is 0.799. The number of nitrogens with zero attached hydrogens (tertiary/aromatic N) is 2. The Morgan fingerprint density at radius 1 is 1.13 bits per heavy atom. The first kappa shape index (κ1) is 14.8. The molecule has 0 spiro atoms. The van der Waals surface area contributed by atoms with E-state index < -0.39 is 17.6 Å². The minimum absolute atomic E-state index is 0.0100. The van der Waals surface area contributed by atoms with E-state index in [1.165, 1.54) is 6.26 Å². The maximum absolute atomic E-state index is 12.7. The summed E-state index contributed by atoms with van der Waals surface area (Å²) in [7, 11) is 0. The maximum atomic E-state index is 12.7. The van der Waals surface area contributed by atoms with Crippen LogP contribution in [0.2, 0.25) is 0 Å². The van der Waals surface area contributed by atoms with Gasteiger partial charge in [-0.1, -0.05) is 0 Å². The Kier molecular flexibility index (Phi) is 3.40. The van der Waals surface area contributed by atoms with Crippen LogP contribution in [0, 0.1) is 0 Å². The topological polar surface area (TPSA) is 95.2 Å².